The van der Waals surface area contributed by atoms with Crippen LogP contribution in [0.3, 0.4) is 0 Å². The Morgan fingerprint density at radius 1 is 1.43 bits per heavy atom. The molecule has 0 saturated carbocycles. The summed E-state index contributed by atoms with van der Waals surface area (Å²) in [6.45, 7) is 4.97. The van der Waals surface area contributed by atoms with Crippen LogP contribution < -0.4 is 4.72 Å². The fourth-order valence-corrected chi connectivity index (χ4v) is 3.17. The van der Waals surface area contributed by atoms with Crippen LogP contribution >= 0.6 is 0 Å². The molecule has 0 bridgehead atoms. The van der Waals surface area contributed by atoms with Gasteiger partial charge in [0.25, 0.3) is 0 Å². The highest BCUT2D eigenvalue weighted by atomic mass is 32.2. The lowest BCUT2D eigenvalue weighted by Gasteiger charge is -2.17. The van der Waals surface area contributed by atoms with Crippen molar-refractivity contribution < 1.29 is 18.3 Å². The summed E-state index contributed by atoms with van der Waals surface area (Å²) in [5.74, 6) is -1.19. The van der Waals surface area contributed by atoms with E-state index in [0.717, 1.165) is 6.07 Å². The average Bonchev–Trinajstić information content (AvgIpc) is 2.44. The van der Waals surface area contributed by atoms with Gasteiger partial charge in [0, 0.05) is 6.54 Å². The molecule has 1 aromatic carbocycles. The van der Waals surface area contributed by atoms with Gasteiger partial charge < -0.3 is 5.11 Å². The van der Waals surface area contributed by atoms with Gasteiger partial charge in [-0.25, -0.2) is 17.9 Å². The third-order valence-electron chi connectivity index (χ3n) is 2.99. The van der Waals surface area contributed by atoms with Crippen LogP contribution in [-0.4, -0.2) is 26.0 Å². The van der Waals surface area contributed by atoms with Crippen LogP contribution in [0.1, 0.15) is 36.7 Å². The number of carboxylic acids is 1. The Kier molecular flexibility index (Phi) is 5.10. The molecule has 7 heteroatoms. The van der Waals surface area contributed by atoms with Crippen molar-refractivity contribution >= 4 is 16.0 Å². The highest BCUT2D eigenvalue weighted by Gasteiger charge is 2.24. The lowest BCUT2D eigenvalue weighted by atomic mass is 9.97. The second-order valence-electron chi connectivity index (χ2n) is 5.30. The maximum absolute atomic E-state index is 12.3. The Labute approximate surface area is 124 Å². The maximum Gasteiger partial charge on any atom is 0.335 e. The number of carbonyl (C=O) groups is 1. The number of nitriles is 1. The van der Waals surface area contributed by atoms with Gasteiger partial charge in [0.2, 0.25) is 10.0 Å². The monoisotopic (exact) mass is 310 g/mol. The molecule has 0 fully saturated rings. The molecule has 0 amide bonds. The quantitative estimate of drug-likeness (QED) is 0.832. The molecule has 0 aliphatic carbocycles. The van der Waals surface area contributed by atoms with Gasteiger partial charge >= 0.3 is 5.97 Å². The van der Waals surface area contributed by atoms with E-state index in [4.69, 9.17) is 10.4 Å². The number of benzene rings is 1. The van der Waals surface area contributed by atoms with E-state index in [1.54, 1.807) is 20.8 Å². The molecule has 6 nitrogen and oxygen atoms in total. The summed E-state index contributed by atoms with van der Waals surface area (Å²) in [4.78, 5) is 10.9. The zero-order valence-corrected chi connectivity index (χ0v) is 13.0. The van der Waals surface area contributed by atoms with E-state index >= 15 is 0 Å². The minimum Gasteiger partial charge on any atom is -0.478 e. The molecule has 0 aliphatic heterocycles. The van der Waals surface area contributed by atoms with Gasteiger partial charge in [-0.3, -0.25) is 0 Å². The Bertz CT molecular complexity index is 687. The summed E-state index contributed by atoms with van der Waals surface area (Å²) < 4.78 is 27.0. The van der Waals surface area contributed by atoms with Crippen LogP contribution in [0.25, 0.3) is 0 Å². The first kappa shape index (κ1) is 17.1. The van der Waals surface area contributed by atoms with Gasteiger partial charge in [0.1, 0.15) is 0 Å². The fourth-order valence-electron chi connectivity index (χ4n) is 1.62. The predicted octanol–water partition coefficient (Wildman–Crippen LogP) is 1.78. The third-order valence-corrected chi connectivity index (χ3v) is 4.47. The number of sulfonamides is 1. The minimum atomic E-state index is -3.87. The van der Waals surface area contributed by atoms with Crippen molar-refractivity contribution in [3.63, 3.8) is 0 Å². The van der Waals surface area contributed by atoms with Crippen molar-refractivity contribution in [1.29, 1.82) is 5.26 Å². The second-order valence-corrected chi connectivity index (χ2v) is 7.04. The molecule has 114 valence electrons. The first-order valence-electron chi connectivity index (χ1n) is 6.40. The standard InChI is InChI=1S/C14H18N2O4S/c1-4-10-5-6-11(13(17)18)7-12(10)21(19,20)16-9-14(2,3)8-15/h5-7,16H,4,9H2,1-3H3,(H,17,18). The zero-order valence-electron chi connectivity index (χ0n) is 12.2. The van der Waals surface area contributed by atoms with Crippen LogP contribution in [-0.2, 0) is 16.4 Å². The summed E-state index contributed by atoms with van der Waals surface area (Å²) in [6.07, 6.45) is 0.456. The molecule has 0 radical (unpaired) electrons. The van der Waals surface area contributed by atoms with E-state index < -0.39 is 21.4 Å². The van der Waals surface area contributed by atoms with Crippen LogP contribution in [0.15, 0.2) is 23.1 Å². The van der Waals surface area contributed by atoms with Crippen molar-refractivity contribution in [2.24, 2.45) is 5.41 Å². The molecule has 0 heterocycles. The normalized spacial score (nSPS) is 11.9. The fraction of sp³-hybridized carbons (Fsp3) is 0.429. The second kappa shape index (κ2) is 6.24. The van der Waals surface area contributed by atoms with Crippen molar-refractivity contribution in [3.8, 4) is 6.07 Å². The lowest BCUT2D eigenvalue weighted by Crippen LogP contribution is -2.33. The van der Waals surface area contributed by atoms with Crippen LogP contribution in [0, 0.1) is 16.7 Å². The number of carboxylic acid groups (broad SMARTS) is 1. The average molecular weight is 310 g/mol. The summed E-state index contributed by atoms with van der Waals surface area (Å²) in [7, 11) is -3.87. The molecule has 0 saturated heterocycles. The van der Waals surface area contributed by atoms with Crippen LogP contribution in [0.5, 0.6) is 0 Å². The smallest absolute Gasteiger partial charge is 0.335 e. The highest BCUT2D eigenvalue weighted by molar-refractivity contribution is 7.89. The maximum atomic E-state index is 12.3. The van der Waals surface area contributed by atoms with Gasteiger partial charge in [-0.05, 0) is 38.0 Å². The first-order valence-corrected chi connectivity index (χ1v) is 7.88. The minimum absolute atomic E-state index is 0.0493. The number of nitrogens with one attached hydrogen (secondary N) is 1. The summed E-state index contributed by atoms with van der Waals surface area (Å²) >= 11 is 0. The molecule has 0 aliphatic rings. The molecule has 0 unspecified atom stereocenters. The molecular formula is C14H18N2O4S. The number of hydrogen-bond acceptors (Lipinski definition) is 4. The predicted molar refractivity (Wildman–Crippen MR) is 77.4 cm³/mol. The Morgan fingerprint density at radius 2 is 2.05 bits per heavy atom. The van der Waals surface area contributed by atoms with Gasteiger partial charge in [-0.15, -0.1) is 0 Å². The topological polar surface area (TPSA) is 107 Å². The molecule has 0 aromatic heterocycles. The van der Waals surface area contributed by atoms with E-state index in [2.05, 4.69) is 4.72 Å². The molecule has 0 atom stereocenters. The molecule has 1 rings (SSSR count). The number of nitrogens with zero attached hydrogens (tertiary/aromatic N) is 1. The summed E-state index contributed by atoms with van der Waals surface area (Å²) in [6, 6.07) is 6.01. The number of aryl methyl sites for hydroxylation is 1. The van der Waals surface area contributed by atoms with Crippen molar-refractivity contribution in [2.75, 3.05) is 6.54 Å². The van der Waals surface area contributed by atoms with E-state index in [1.807, 2.05) is 6.07 Å². The van der Waals surface area contributed by atoms with E-state index in [1.165, 1.54) is 12.1 Å². The van der Waals surface area contributed by atoms with Gasteiger partial charge in [-0.1, -0.05) is 13.0 Å². The van der Waals surface area contributed by atoms with Crippen LogP contribution in [0.4, 0.5) is 0 Å². The highest BCUT2D eigenvalue weighted by Crippen LogP contribution is 2.20. The summed E-state index contributed by atoms with van der Waals surface area (Å²) in [5.41, 5.74) is -0.404. The molecule has 2 N–H and O–H groups in total. The van der Waals surface area contributed by atoms with Crippen molar-refractivity contribution in [1.82, 2.24) is 4.72 Å². The molecule has 21 heavy (non-hydrogen) atoms. The van der Waals surface area contributed by atoms with Gasteiger partial charge in [-0.2, -0.15) is 5.26 Å². The largest absolute Gasteiger partial charge is 0.478 e. The van der Waals surface area contributed by atoms with Crippen molar-refractivity contribution in [3.05, 3.63) is 29.3 Å². The Hall–Kier alpha value is -1.91. The first-order chi connectivity index (χ1) is 9.63. The van der Waals surface area contributed by atoms with E-state index in [9.17, 15) is 13.2 Å². The lowest BCUT2D eigenvalue weighted by molar-refractivity contribution is 0.0696. The van der Waals surface area contributed by atoms with E-state index in [-0.39, 0.29) is 17.0 Å². The van der Waals surface area contributed by atoms with Crippen molar-refractivity contribution in [2.45, 2.75) is 32.1 Å². The SMILES string of the molecule is CCc1ccc(C(=O)O)cc1S(=O)(=O)NCC(C)(C)C#N. The van der Waals surface area contributed by atoms with Gasteiger partial charge in [0.15, 0.2) is 0 Å². The Morgan fingerprint density at radius 3 is 2.52 bits per heavy atom. The number of hydrogen-bond donors (Lipinski definition) is 2. The number of aromatic carboxylic acids is 1. The Balaban J connectivity index is 3.21. The molecule has 0 spiro atoms. The summed E-state index contributed by atoms with van der Waals surface area (Å²) in [5, 5.41) is 17.9. The number of rotatable bonds is 6. The van der Waals surface area contributed by atoms with Gasteiger partial charge in [0.05, 0.1) is 21.9 Å². The molecule has 1 aromatic rings. The zero-order chi connectivity index (χ0) is 16.3. The van der Waals surface area contributed by atoms with Crippen LogP contribution in [0.2, 0.25) is 0 Å². The molecular weight excluding hydrogens is 292 g/mol. The van der Waals surface area contributed by atoms with E-state index in [0.29, 0.717) is 12.0 Å². The third kappa shape index (κ3) is 4.28.